The van der Waals surface area contributed by atoms with Crippen molar-refractivity contribution in [2.45, 2.75) is 63.7 Å². The Balaban J connectivity index is 2.37. The number of carboxylic acid groups (broad SMARTS) is 1. The van der Waals surface area contributed by atoms with Crippen molar-refractivity contribution in [2.24, 2.45) is 4.99 Å². The number of halogens is 2. The van der Waals surface area contributed by atoms with Crippen LogP contribution in [0.5, 0.6) is 0 Å². The molecule has 1 amide bonds. The molecule has 0 saturated carbocycles. The van der Waals surface area contributed by atoms with E-state index >= 15 is 0 Å². The van der Waals surface area contributed by atoms with Crippen LogP contribution in [0.4, 0.5) is 19.3 Å². The lowest BCUT2D eigenvalue weighted by atomic mass is 9.76. The number of carbonyl (C=O) groups excluding carboxylic acids is 1. The van der Waals surface area contributed by atoms with Gasteiger partial charge in [0.05, 0.1) is 17.1 Å². The number of anilines is 1. The molecule has 2 rings (SSSR count). The average molecular weight is 383 g/mol. The molecular weight excluding hydrogens is 358 g/mol. The second kappa shape index (κ2) is 7.94. The second-order valence-corrected chi connectivity index (χ2v) is 7.96. The summed E-state index contributed by atoms with van der Waals surface area (Å²) < 4.78 is 26.6. The van der Waals surface area contributed by atoms with E-state index in [-0.39, 0.29) is 22.5 Å². The van der Waals surface area contributed by atoms with Gasteiger partial charge in [-0.15, -0.1) is 11.8 Å². The number of rotatable bonds is 7. The molecule has 1 aliphatic heterocycles. The van der Waals surface area contributed by atoms with Crippen molar-refractivity contribution in [3.05, 3.63) is 29.8 Å². The third kappa shape index (κ3) is 3.46. The number of nitrogens with zero attached hydrogens (tertiary/aromatic N) is 2. The van der Waals surface area contributed by atoms with Gasteiger partial charge in [-0.3, -0.25) is 4.99 Å². The van der Waals surface area contributed by atoms with Gasteiger partial charge in [0.25, 0.3) is 0 Å². The van der Waals surface area contributed by atoms with Crippen LogP contribution in [0.1, 0.15) is 53.4 Å². The van der Waals surface area contributed by atoms with E-state index in [1.807, 2.05) is 0 Å². The van der Waals surface area contributed by atoms with Crippen LogP contribution in [0.2, 0.25) is 0 Å². The zero-order chi connectivity index (χ0) is 19.5. The molecule has 144 valence electrons. The predicted octanol–water partition coefficient (Wildman–Crippen LogP) is 4.38. The van der Waals surface area contributed by atoms with Gasteiger partial charge < -0.3 is 14.8 Å². The minimum atomic E-state index is -1.47. The summed E-state index contributed by atoms with van der Waals surface area (Å²) in [7, 11) is 0. The zero-order valence-electron chi connectivity index (χ0n) is 15.6. The molecule has 1 heterocycles. The molecule has 0 atom stereocenters. The molecule has 1 aromatic rings. The zero-order valence-corrected chi connectivity index (χ0v) is 16.5. The second-order valence-electron chi connectivity index (χ2n) is 6.50. The van der Waals surface area contributed by atoms with Gasteiger partial charge in [-0.2, -0.15) is 0 Å². The Morgan fingerprint density at radius 2 is 1.73 bits per heavy atom. The minimum Gasteiger partial charge on any atom is -0.530 e. The molecule has 0 aliphatic carbocycles. The van der Waals surface area contributed by atoms with E-state index in [4.69, 9.17) is 4.99 Å². The third-order valence-corrected chi connectivity index (χ3v) is 7.34. The van der Waals surface area contributed by atoms with Crippen LogP contribution in [-0.4, -0.2) is 28.0 Å². The third-order valence-electron chi connectivity index (χ3n) is 5.54. The molecule has 0 fully saturated rings. The lowest BCUT2D eigenvalue weighted by molar-refractivity contribution is -0.246. The van der Waals surface area contributed by atoms with Gasteiger partial charge in [-0.05, 0) is 37.8 Å². The van der Waals surface area contributed by atoms with E-state index in [1.165, 1.54) is 6.07 Å². The van der Waals surface area contributed by atoms with Crippen molar-refractivity contribution in [1.29, 1.82) is 0 Å². The molecule has 0 unspecified atom stereocenters. The fourth-order valence-electron chi connectivity index (χ4n) is 3.91. The summed E-state index contributed by atoms with van der Waals surface area (Å²) in [6, 6.07) is 3.01. The summed E-state index contributed by atoms with van der Waals surface area (Å²) in [5.41, 5.74) is -0.210. The summed E-state index contributed by atoms with van der Waals surface area (Å²) in [6.07, 6.45) is 2.08. The predicted molar refractivity (Wildman–Crippen MR) is 101 cm³/mol. The van der Waals surface area contributed by atoms with Crippen molar-refractivity contribution < 1.29 is 18.7 Å². The molecular formula is C19H25F2N2O2S-. The molecule has 0 aromatic heterocycles. The summed E-state index contributed by atoms with van der Waals surface area (Å²) in [4.78, 5) is 17.4. The maximum Gasteiger partial charge on any atom is 0.160 e. The van der Waals surface area contributed by atoms with Gasteiger partial charge in [-0.25, -0.2) is 8.78 Å². The van der Waals surface area contributed by atoms with Crippen LogP contribution in [0.3, 0.4) is 0 Å². The largest absolute Gasteiger partial charge is 0.530 e. The van der Waals surface area contributed by atoms with E-state index in [1.54, 1.807) is 11.8 Å². The van der Waals surface area contributed by atoms with Crippen LogP contribution >= 0.6 is 11.8 Å². The molecule has 0 bridgehead atoms. The quantitative estimate of drug-likeness (QED) is 0.702. The number of aliphatic imine (C=N–C) groups is 1. The Kier molecular flexibility index (Phi) is 6.32. The standard InChI is InChI=1S/C19H26F2N2O2S/c1-5-18(6-2)19(7-3,8-4)26-16(22-18)12-23(17(24)25)13-9-10-14(20)15(21)11-13/h9-11H,5-8,12H2,1-4H3,(H,24,25)/p-1. The highest BCUT2D eigenvalue weighted by atomic mass is 32.2. The number of amides is 1. The van der Waals surface area contributed by atoms with Gasteiger partial charge in [0, 0.05) is 16.5 Å². The Morgan fingerprint density at radius 3 is 2.15 bits per heavy atom. The van der Waals surface area contributed by atoms with Gasteiger partial charge in [0.15, 0.2) is 11.6 Å². The van der Waals surface area contributed by atoms with E-state index < -0.39 is 17.7 Å². The van der Waals surface area contributed by atoms with Gasteiger partial charge in [0.2, 0.25) is 0 Å². The highest BCUT2D eigenvalue weighted by Gasteiger charge is 2.52. The number of hydrogen-bond donors (Lipinski definition) is 0. The van der Waals surface area contributed by atoms with E-state index in [9.17, 15) is 18.7 Å². The molecule has 7 heteroatoms. The van der Waals surface area contributed by atoms with Crippen molar-refractivity contribution >= 4 is 28.6 Å². The van der Waals surface area contributed by atoms with Crippen LogP contribution < -0.4 is 10.0 Å². The highest BCUT2D eigenvalue weighted by Crippen LogP contribution is 2.53. The number of benzene rings is 1. The summed E-state index contributed by atoms with van der Waals surface area (Å²) in [5.74, 6) is -2.12. The summed E-state index contributed by atoms with van der Waals surface area (Å²) in [6.45, 7) is 8.42. The highest BCUT2D eigenvalue weighted by molar-refractivity contribution is 8.15. The fraction of sp³-hybridized carbons (Fsp3) is 0.579. The van der Waals surface area contributed by atoms with Crippen LogP contribution in [0, 0.1) is 11.6 Å². The molecule has 1 aliphatic rings. The van der Waals surface area contributed by atoms with Crippen LogP contribution in [0.15, 0.2) is 23.2 Å². The minimum absolute atomic E-state index is 0.0262. The molecule has 4 nitrogen and oxygen atoms in total. The Morgan fingerprint density at radius 1 is 1.12 bits per heavy atom. The average Bonchev–Trinajstić information content (AvgIpc) is 2.96. The van der Waals surface area contributed by atoms with Gasteiger partial charge in [0.1, 0.15) is 6.09 Å². The number of hydrogen-bond acceptors (Lipinski definition) is 4. The Hall–Kier alpha value is -1.63. The van der Waals surface area contributed by atoms with Crippen molar-refractivity contribution in [2.75, 3.05) is 11.4 Å². The number of thioether (sulfide) groups is 1. The fourth-order valence-corrected chi connectivity index (χ4v) is 5.58. The molecule has 0 radical (unpaired) electrons. The maximum absolute atomic E-state index is 13.5. The first-order valence-corrected chi connectivity index (χ1v) is 9.81. The van der Waals surface area contributed by atoms with E-state index in [0.717, 1.165) is 42.7 Å². The van der Waals surface area contributed by atoms with E-state index in [2.05, 4.69) is 27.7 Å². The maximum atomic E-state index is 13.5. The van der Waals surface area contributed by atoms with E-state index in [0.29, 0.717) is 5.04 Å². The number of carbonyl (C=O) groups is 1. The van der Waals surface area contributed by atoms with Crippen LogP contribution in [-0.2, 0) is 0 Å². The Labute approximate surface area is 157 Å². The molecule has 26 heavy (non-hydrogen) atoms. The lowest BCUT2D eigenvalue weighted by Crippen LogP contribution is -2.46. The van der Waals surface area contributed by atoms with Crippen molar-refractivity contribution in [3.8, 4) is 0 Å². The van der Waals surface area contributed by atoms with Crippen molar-refractivity contribution in [1.82, 2.24) is 0 Å². The Bertz CT molecular complexity index is 701. The first kappa shape index (κ1) is 20.7. The topological polar surface area (TPSA) is 55.7 Å². The molecule has 0 spiro atoms. The smallest absolute Gasteiger partial charge is 0.160 e. The van der Waals surface area contributed by atoms with Crippen LogP contribution in [0.25, 0.3) is 0 Å². The van der Waals surface area contributed by atoms with Crippen molar-refractivity contribution in [3.63, 3.8) is 0 Å². The first-order valence-electron chi connectivity index (χ1n) is 8.99. The molecule has 0 saturated heterocycles. The summed E-state index contributed by atoms with van der Waals surface area (Å²) >= 11 is 1.61. The van der Waals surface area contributed by atoms with Gasteiger partial charge >= 0.3 is 0 Å². The van der Waals surface area contributed by atoms with Gasteiger partial charge in [-0.1, -0.05) is 27.7 Å². The molecule has 0 N–H and O–H groups in total. The molecule has 1 aromatic carbocycles. The normalized spacial score (nSPS) is 17.8. The SMILES string of the molecule is CCC1(CC)N=C(CN(C(=O)[O-])c2ccc(F)c(F)c2)SC1(CC)CC. The summed E-state index contributed by atoms with van der Waals surface area (Å²) in [5, 5.41) is 12.3. The lowest BCUT2D eigenvalue weighted by Gasteiger charge is -2.41. The monoisotopic (exact) mass is 383 g/mol. The first-order chi connectivity index (χ1) is 12.3.